The van der Waals surface area contributed by atoms with Crippen molar-refractivity contribution in [3.05, 3.63) is 53.4 Å². The van der Waals surface area contributed by atoms with Crippen LogP contribution in [0.2, 0.25) is 0 Å². The van der Waals surface area contributed by atoms with Crippen molar-refractivity contribution in [3.63, 3.8) is 0 Å². The van der Waals surface area contributed by atoms with Gasteiger partial charge in [0.15, 0.2) is 0 Å². The molecule has 1 aromatic heterocycles. The molecule has 1 aliphatic rings. The molecular formula is C17H21N3O5S3. The lowest BCUT2D eigenvalue weighted by atomic mass is 10.2. The number of benzene rings is 1. The summed E-state index contributed by atoms with van der Waals surface area (Å²) in [7, 11) is -7.17. The Bertz CT molecular complexity index is 998. The molecular weight excluding hydrogens is 422 g/mol. The summed E-state index contributed by atoms with van der Waals surface area (Å²) in [4.78, 5) is 13.8. The van der Waals surface area contributed by atoms with Gasteiger partial charge in [-0.25, -0.2) is 21.6 Å². The first-order valence-corrected chi connectivity index (χ1v) is 12.6. The van der Waals surface area contributed by atoms with Gasteiger partial charge in [0.05, 0.1) is 12.3 Å². The largest absolute Gasteiger partial charge is 0.339 e. The van der Waals surface area contributed by atoms with E-state index in [1.54, 1.807) is 35.7 Å². The lowest BCUT2D eigenvalue weighted by Crippen LogP contribution is -2.52. The van der Waals surface area contributed by atoms with Crippen molar-refractivity contribution in [3.8, 4) is 0 Å². The number of sulfonamides is 2. The summed E-state index contributed by atoms with van der Waals surface area (Å²) in [6.45, 7) is 0.495. The van der Waals surface area contributed by atoms with Crippen LogP contribution in [-0.4, -0.2) is 64.7 Å². The molecule has 3 rings (SSSR count). The Hall–Kier alpha value is -1.79. The second-order valence-electron chi connectivity index (χ2n) is 6.28. The fourth-order valence-corrected chi connectivity index (χ4v) is 6.38. The van der Waals surface area contributed by atoms with Gasteiger partial charge in [-0.2, -0.15) is 4.31 Å². The summed E-state index contributed by atoms with van der Waals surface area (Å²) >= 11 is 1.07. The molecule has 8 nitrogen and oxygen atoms in total. The smallest absolute Gasteiger partial charge is 0.250 e. The van der Waals surface area contributed by atoms with Crippen LogP contribution in [0.15, 0.2) is 52.1 Å². The van der Waals surface area contributed by atoms with Crippen molar-refractivity contribution in [1.29, 1.82) is 0 Å². The van der Waals surface area contributed by atoms with Gasteiger partial charge in [0.25, 0.3) is 10.0 Å². The minimum absolute atomic E-state index is 0.0810. The van der Waals surface area contributed by atoms with Crippen LogP contribution in [0.25, 0.3) is 0 Å². The Morgan fingerprint density at radius 3 is 2.25 bits per heavy atom. The number of nitrogens with zero attached hydrogens (tertiary/aromatic N) is 2. The van der Waals surface area contributed by atoms with E-state index in [0.29, 0.717) is 5.56 Å². The number of nitrogens with one attached hydrogen (secondary N) is 1. The number of piperazine rings is 1. The highest BCUT2D eigenvalue weighted by molar-refractivity contribution is 7.91. The van der Waals surface area contributed by atoms with Crippen LogP contribution in [0.5, 0.6) is 0 Å². The number of carbonyl (C=O) groups is 1. The number of carbonyl (C=O) groups excluding carboxylic acids is 1. The van der Waals surface area contributed by atoms with Crippen LogP contribution < -0.4 is 4.72 Å². The van der Waals surface area contributed by atoms with Gasteiger partial charge in [-0.15, -0.1) is 11.3 Å². The first-order valence-electron chi connectivity index (χ1n) is 8.61. The van der Waals surface area contributed by atoms with Crippen LogP contribution in [-0.2, 0) is 30.6 Å². The molecule has 1 N–H and O–H groups in total. The molecule has 2 heterocycles. The van der Waals surface area contributed by atoms with Crippen LogP contribution in [0.3, 0.4) is 0 Å². The molecule has 0 spiro atoms. The fraction of sp³-hybridized carbons (Fsp3) is 0.353. The van der Waals surface area contributed by atoms with E-state index in [1.165, 1.54) is 15.3 Å². The van der Waals surface area contributed by atoms with Crippen LogP contribution >= 0.6 is 11.3 Å². The maximum absolute atomic E-state index is 12.6. The zero-order chi connectivity index (χ0) is 20.2. The van der Waals surface area contributed by atoms with Crippen molar-refractivity contribution in [2.75, 3.05) is 32.7 Å². The zero-order valence-corrected chi connectivity index (χ0v) is 17.5. The average molecular weight is 444 g/mol. The highest BCUT2D eigenvalue weighted by Crippen LogP contribution is 2.16. The third-order valence-corrected chi connectivity index (χ3v) is 9.00. The molecule has 0 bridgehead atoms. The lowest BCUT2D eigenvalue weighted by Gasteiger charge is -2.34. The maximum Gasteiger partial charge on any atom is 0.250 e. The monoisotopic (exact) mass is 443 g/mol. The molecule has 1 amide bonds. The molecule has 0 radical (unpaired) electrons. The predicted octanol–water partition coefficient (Wildman–Crippen LogP) is 0.701. The summed E-state index contributed by atoms with van der Waals surface area (Å²) in [5.41, 5.74) is 0.712. The quantitative estimate of drug-likeness (QED) is 0.678. The second-order valence-corrected chi connectivity index (χ2v) is 11.2. The zero-order valence-electron chi connectivity index (χ0n) is 15.0. The highest BCUT2D eigenvalue weighted by atomic mass is 32.2. The number of thiophene rings is 1. The SMILES string of the molecule is O=C(CNS(=O)(=O)c1cccs1)N1CCN(S(=O)(=O)Cc2ccccc2)CC1. The van der Waals surface area contributed by atoms with E-state index in [9.17, 15) is 21.6 Å². The molecule has 11 heteroatoms. The van der Waals surface area contributed by atoms with Gasteiger partial charge >= 0.3 is 0 Å². The molecule has 1 aliphatic heterocycles. The van der Waals surface area contributed by atoms with Gasteiger partial charge in [0.1, 0.15) is 4.21 Å². The number of rotatable bonds is 7. The maximum atomic E-state index is 12.6. The van der Waals surface area contributed by atoms with Gasteiger partial charge in [-0.05, 0) is 17.0 Å². The van der Waals surface area contributed by atoms with E-state index < -0.39 is 20.0 Å². The van der Waals surface area contributed by atoms with Gasteiger partial charge in [0.2, 0.25) is 15.9 Å². The Kier molecular flexibility index (Phi) is 6.50. The van der Waals surface area contributed by atoms with E-state index in [1.807, 2.05) is 6.07 Å². The van der Waals surface area contributed by atoms with Crippen LogP contribution in [0.1, 0.15) is 5.56 Å². The third-order valence-electron chi connectivity index (χ3n) is 4.35. The second kappa shape index (κ2) is 8.70. The first kappa shape index (κ1) is 20.9. The van der Waals surface area contributed by atoms with Crippen LogP contribution in [0.4, 0.5) is 0 Å². The van der Waals surface area contributed by atoms with Gasteiger partial charge in [-0.3, -0.25) is 4.79 Å². The molecule has 1 fully saturated rings. The van der Waals surface area contributed by atoms with Gasteiger partial charge < -0.3 is 4.90 Å². The molecule has 1 saturated heterocycles. The minimum Gasteiger partial charge on any atom is -0.339 e. The average Bonchev–Trinajstić information content (AvgIpc) is 3.23. The van der Waals surface area contributed by atoms with E-state index in [2.05, 4.69) is 4.72 Å². The molecule has 2 aromatic rings. The molecule has 1 aromatic carbocycles. The first-order chi connectivity index (χ1) is 13.3. The van der Waals surface area contributed by atoms with Crippen molar-refractivity contribution < 1.29 is 21.6 Å². The fourth-order valence-electron chi connectivity index (χ4n) is 2.85. The summed E-state index contributed by atoms with van der Waals surface area (Å²) in [5, 5.41) is 1.64. The van der Waals surface area contributed by atoms with Crippen molar-refractivity contribution >= 4 is 37.3 Å². The van der Waals surface area contributed by atoms with Gasteiger partial charge in [0, 0.05) is 26.2 Å². The molecule has 0 aliphatic carbocycles. The van der Waals surface area contributed by atoms with Crippen molar-refractivity contribution in [1.82, 2.24) is 13.9 Å². The summed E-state index contributed by atoms with van der Waals surface area (Å²) < 4.78 is 53.1. The topological polar surface area (TPSA) is 104 Å². The summed E-state index contributed by atoms with van der Waals surface area (Å²) in [5.74, 6) is -0.456. The molecule has 0 unspecified atom stereocenters. The Labute approximate surface area is 168 Å². The molecule has 0 atom stereocenters. The number of hydrogen-bond acceptors (Lipinski definition) is 6. The van der Waals surface area contributed by atoms with Crippen molar-refractivity contribution in [2.24, 2.45) is 0 Å². The molecule has 28 heavy (non-hydrogen) atoms. The highest BCUT2D eigenvalue weighted by Gasteiger charge is 2.29. The number of hydrogen-bond donors (Lipinski definition) is 1. The number of amides is 1. The Morgan fingerprint density at radius 1 is 0.964 bits per heavy atom. The van der Waals surface area contributed by atoms with Crippen LogP contribution in [0, 0.1) is 0 Å². The van der Waals surface area contributed by atoms with Crippen molar-refractivity contribution in [2.45, 2.75) is 9.96 Å². The summed E-state index contributed by atoms with van der Waals surface area (Å²) in [6, 6.07) is 12.0. The third kappa shape index (κ3) is 5.17. The van der Waals surface area contributed by atoms with E-state index in [-0.39, 0.29) is 48.6 Å². The normalized spacial score (nSPS) is 16.2. The minimum atomic E-state index is -3.70. The predicted molar refractivity (Wildman–Crippen MR) is 107 cm³/mol. The van der Waals surface area contributed by atoms with Gasteiger partial charge in [-0.1, -0.05) is 36.4 Å². The molecule has 0 saturated carbocycles. The standard InChI is InChI=1S/C17H21N3O5S3/c21-16(13-18-28(24,25)17-7-4-12-26-17)19-8-10-20(11-9-19)27(22,23)14-15-5-2-1-3-6-15/h1-7,12,18H,8-11,13-14H2. The Morgan fingerprint density at radius 2 is 1.64 bits per heavy atom. The lowest BCUT2D eigenvalue weighted by molar-refractivity contribution is -0.131. The summed E-state index contributed by atoms with van der Waals surface area (Å²) in [6.07, 6.45) is 0. The Balaban J connectivity index is 1.51. The van der Waals surface area contributed by atoms with E-state index in [4.69, 9.17) is 0 Å². The van der Waals surface area contributed by atoms with E-state index in [0.717, 1.165) is 11.3 Å². The molecule has 152 valence electrons. The van der Waals surface area contributed by atoms with E-state index >= 15 is 0 Å².